The van der Waals surface area contributed by atoms with Crippen LogP contribution in [0.25, 0.3) is 5.69 Å². The summed E-state index contributed by atoms with van der Waals surface area (Å²) in [7, 11) is 0. The highest BCUT2D eigenvalue weighted by Gasteiger charge is 2.22. The Hall–Kier alpha value is -2.21. The van der Waals surface area contributed by atoms with Gasteiger partial charge in [-0.25, -0.2) is 9.67 Å². The Morgan fingerprint density at radius 3 is 2.64 bits per heavy atom. The molecule has 2 atom stereocenters. The van der Waals surface area contributed by atoms with Crippen LogP contribution in [-0.4, -0.2) is 33.8 Å². The zero-order valence-corrected chi connectivity index (χ0v) is 15.0. The van der Waals surface area contributed by atoms with Gasteiger partial charge in [0.15, 0.2) is 0 Å². The van der Waals surface area contributed by atoms with Crippen LogP contribution in [0.1, 0.15) is 44.7 Å². The van der Waals surface area contributed by atoms with E-state index in [2.05, 4.69) is 27.6 Å². The number of benzene rings is 1. The second kappa shape index (κ2) is 8.25. The molecule has 0 aliphatic carbocycles. The topological polar surface area (TPSA) is 71.8 Å². The van der Waals surface area contributed by atoms with Crippen molar-refractivity contribution < 1.29 is 4.79 Å². The van der Waals surface area contributed by atoms with Gasteiger partial charge in [-0.2, -0.15) is 5.10 Å². The van der Waals surface area contributed by atoms with E-state index >= 15 is 0 Å². The van der Waals surface area contributed by atoms with Crippen LogP contribution < -0.4 is 10.6 Å². The van der Waals surface area contributed by atoms with E-state index in [0.29, 0.717) is 18.3 Å². The molecule has 0 radical (unpaired) electrons. The molecule has 1 aromatic carbocycles. The molecule has 2 heterocycles. The van der Waals surface area contributed by atoms with Crippen LogP contribution in [0.2, 0.25) is 0 Å². The van der Waals surface area contributed by atoms with Gasteiger partial charge in [0.2, 0.25) is 5.91 Å². The van der Waals surface area contributed by atoms with Gasteiger partial charge in [0, 0.05) is 6.42 Å². The van der Waals surface area contributed by atoms with Gasteiger partial charge in [-0.05, 0) is 62.4 Å². The predicted molar refractivity (Wildman–Crippen MR) is 97.3 cm³/mol. The minimum Gasteiger partial charge on any atom is -0.350 e. The van der Waals surface area contributed by atoms with Crippen molar-refractivity contribution >= 4 is 5.91 Å². The number of nitrogens with one attached hydrogen (secondary N) is 2. The zero-order valence-electron chi connectivity index (χ0n) is 15.0. The van der Waals surface area contributed by atoms with Crippen LogP contribution in [0.15, 0.2) is 36.9 Å². The number of carbonyl (C=O) groups excluding carboxylic acids is 1. The predicted octanol–water partition coefficient (Wildman–Crippen LogP) is 2.47. The number of piperidine rings is 1. The number of carbonyl (C=O) groups is 1. The SMILES string of the molecule is CC(NC(=O)CC(C)C1CCNCC1)c1ccc(-n2cncn2)cc1. The highest BCUT2D eigenvalue weighted by atomic mass is 16.1. The van der Waals surface area contributed by atoms with Crippen molar-refractivity contribution in [3.8, 4) is 5.69 Å². The van der Waals surface area contributed by atoms with E-state index in [-0.39, 0.29) is 11.9 Å². The number of hydrogen-bond donors (Lipinski definition) is 2. The fraction of sp³-hybridized carbons (Fsp3) is 0.526. The van der Waals surface area contributed by atoms with E-state index in [9.17, 15) is 4.79 Å². The quantitative estimate of drug-likeness (QED) is 0.847. The lowest BCUT2D eigenvalue weighted by atomic mass is 9.84. The number of nitrogens with zero attached hydrogens (tertiary/aromatic N) is 3. The van der Waals surface area contributed by atoms with Crippen LogP contribution >= 0.6 is 0 Å². The van der Waals surface area contributed by atoms with E-state index in [1.54, 1.807) is 11.0 Å². The molecule has 2 N–H and O–H groups in total. The molecule has 1 aromatic heterocycles. The number of aromatic nitrogens is 3. The lowest BCUT2D eigenvalue weighted by Gasteiger charge is -2.28. The molecule has 1 amide bonds. The second-order valence-corrected chi connectivity index (χ2v) is 6.99. The molecule has 2 aromatic rings. The Kier molecular flexibility index (Phi) is 5.81. The van der Waals surface area contributed by atoms with E-state index in [0.717, 1.165) is 24.3 Å². The monoisotopic (exact) mass is 341 g/mol. The average molecular weight is 341 g/mol. The summed E-state index contributed by atoms with van der Waals surface area (Å²) in [5.74, 6) is 1.23. The fourth-order valence-corrected chi connectivity index (χ4v) is 3.51. The minimum absolute atomic E-state index is 0.00230. The van der Waals surface area contributed by atoms with Gasteiger partial charge < -0.3 is 10.6 Å². The molecule has 1 saturated heterocycles. The van der Waals surface area contributed by atoms with Crippen molar-refractivity contribution in [2.45, 2.75) is 39.2 Å². The molecule has 0 bridgehead atoms. The van der Waals surface area contributed by atoms with Crippen molar-refractivity contribution in [2.24, 2.45) is 11.8 Å². The summed E-state index contributed by atoms with van der Waals surface area (Å²) in [5.41, 5.74) is 2.05. The van der Waals surface area contributed by atoms with Crippen molar-refractivity contribution in [1.29, 1.82) is 0 Å². The summed E-state index contributed by atoms with van der Waals surface area (Å²) in [5, 5.41) is 10.6. The summed E-state index contributed by atoms with van der Waals surface area (Å²) in [6.45, 7) is 6.38. The largest absolute Gasteiger partial charge is 0.350 e. The third-order valence-electron chi connectivity index (χ3n) is 5.15. The van der Waals surface area contributed by atoms with Gasteiger partial charge in [0.1, 0.15) is 12.7 Å². The minimum atomic E-state index is -0.00230. The van der Waals surface area contributed by atoms with E-state index < -0.39 is 0 Å². The number of amides is 1. The smallest absolute Gasteiger partial charge is 0.220 e. The maximum absolute atomic E-state index is 12.4. The van der Waals surface area contributed by atoms with Gasteiger partial charge in [-0.15, -0.1) is 0 Å². The van der Waals surface area contributed by atoms with E-state index in [1.807, 2.05) is 31.2 Å². The van der Waals surface area contributed by atoms with Crippen molar-refractivity contribution in [3.63, 3.8) is 0 Å². The normalized spacial score (nSPS) is 17.8. The first-order valence-corrected chi connectivity index (χ1v) is 9.08. The zero-order chi connectivity index (χ0) is 17.6. The maximum Gasteiger partial charge on any atom is 0.220 e. The highest BCUT2D eigenvalue weighted by Crippen LogP contribution is 2.24. The molecule has 1 aliphatic heterocycles. The summed E-state index contributed by atoms with van der Waals surface area (Å²) in [4.78, 5) is 16.3. The van der Waals surface area contributed by atoms with Gasteiger partial charge >= 0.3 is 0 Å². The average Bonchev–Trinajstić information content (AvgIpc) is 3.17. The Labute approximate surface area is 149 Å². The summed E-state index contributed by atoms with van der Waals surface area (Å²) < 4.78 is 1.72. The van der Waals surface area contributed by atoms with Crippen LogP contribution in [-0.2, 0) is 4.79 Å². The Morgan fingerprint density at radius 2 is 2.00 bits per heavy atom. The Balaban J connectivity index is 1.52. The first kappa shape index (κ1) is 17.6. The standard InChI is InChI=1S/C19H27N5O/c1-14(16-7-9-20-10-8-16)11-19(25)23-15(2)17-3-5-18(6-4-17)24-13-21-12-22-24/h3-6,12-16,20H,7-11H2,1-2H3,(H,23,25). The van der Waals surface area contributed by atoms with Crippen molar-refractivity contribution in [2.75, 3.05) is 13.1 Å². The van der Waals surface area contributed by atoms with Crippen molar-refractivity contribution in [1.82, 2.24) is 25.4 Å². The van der Waals surface area contributed by atoms with E-state index in [1.165, 1.54) is 19.2 Å². The summed E-state index contributed by atoms with van der Waals surface area (Å²) in [6.07, 6.45) is 6.14. The molecule has 3 rings (SSSR count). The first-order chi connectivity index (χ1) is 12.1. The molecule has 0 saturated carbocycles. The van der Waals surface area contributed by atoms with Crippen LogP contribution in [0.5, 0.6) is 0 Å². The lowest BCUT2D eigenvalue weighted by Crippen LogP contribution is -2.34. The van der Waals surface area contributed by atoms with Crippen LogP contribution in [0.4, 0.5) is 0 Å². The molecule has 6 nitrogen and oxygen atoms in total. The molecule has 25 heavy (non-hydrogen) atoms. The van der Waals surface area contributed by atoms with Crippen LogP contribution in [0.3, 0.4) is 0 Å². The lowest BCUT2D eigenvalue weighted by molar-refractivity contribution is -0.123. The maximum atomic E-state index is 12.4. The molecule has 2 unspecified atom stereocenters. The molecule has 6 heteroatoms. The third-order valence-corrected chi connectivity index (χ3v) is 5.15. The molecule has 1 aliphatic rings. The number of hydrogen-bond acceptors (Lipinski definition) is 4. The fourth-order valence-electron chi connectivity index (χ4n) is 3.51. The molecular formula is C19H27N5O. The molecule has 0 spiro atoms. The Morgan fingerprint density at radius 1 is 1.28 bits per heavy atom. The van der Waals surface area contributed by atoms with E-state index in [4.69, 9.17) is 0 Å². The third kappa shape index (κ3) is 4.66. The number of rotatable bonds is 6. The Bertz CT molecular complexity index is 662. The summed E-state index contributed by atoms with van der Waals surface area (Å²) in [6, 6.07) is 8.03. The van der Waals surface area contributed by atoms with Gasteiger partial charge in [0.25, 0.3) is 0 Å². The highest BCUT2D eigenvalue weighted by molar-refractivity contribution is 5.76. The van der Waals surface area contributed by atoms with Gasteiger partial charge in [-0.1, -0.05) is 19.1 Å². The summed E-state index contributed by atoms with van der Waals surface area (Å²) >= 11 is 0. The molecule has 134 valence electrons. The first-order valence-electron chi connectivity index (χ1n) is 9.08. The van der Waals surface area contributed by atoms with Crippen LogP contribution in [0, 0.1) is 11.8 Å². The van der Waals surface area contributed by atoms with Gasteiger partial charge in [-0.3, -0.25) is 4.79 Å². The molecular weight excluding hydrogens is 314 g/mol. The molecule has 1 fully saturated rings. The van der Waals surface area contributed by atoms with Gasteiger partial charge in [0.05, 0.1) is 11.7 Å². The second-order valence-electron chi connectivity index (χ2n) is 6.99. The van der Waals surface area contributed by atoms with Crippen molar-refractivity contribution in [3.05, 3.63) is 42.5 Å².